The minimum Gasteiger partial charge on any atom is -0.393 e. The van der Waals surface area contributed by atoms with Gasteiger partial charge in [-0.2, -0.15) is 0 Å². The van der Waals surface area contributed by atoms with Crippen molar-refractivity contribution in [3.8, 4) is 0 Å². The highest BCUT2D eigenvalue weighted by Crippen LogP contribution is 2.26. The average molecular weight is 222 g/mol. The molecule has 0 saturated carbocycles. The van der Waals surface area contributed by atoms with Crippen LogP contribution in [0.1, 0.15) is 6.92 Å². The van der Waals surface area contributed by atoms with Crippen LogP contribution in [0.15, 0.2) is 0 Å². The van der Waals surface area contributed by atoms with Crippen LogP contribution in [0.2, 0.25) is 0 Å². The molecule has 6 heteroatoms. The molecule has 2 unspecified atom stereocenters. The number of rotatable bonds is 2. The van der Waals surface area contributed by atoms with E-state index >= 15 is 0 Å². The van der Waals surface area contributed by atoms with Crippen LogP contribution < -0.4 is 0 Å². The van der Waals surface area contributed by atoms with E-state index in [0.717, 1.165) is 0 Å². The Morgan fingerprint density at radius 3 is 2.40 bits per heavy atom. The molecule has 0 spiro atoms. The first-order chi connectivity index (χ1) is 6.98. The third-order valence-electron chi connectivity index (χ3n) is 2.96. The zero-order chi connectivity index (χ0) is 11.6. The first-order valence-electron chi connectivity index (χ1n) is 4.80. The molecule has 0 bridgehead atoms. The molecule has 1 aliphatic heterocycles. The van der Waals surface area contributed by atoms with Crippen LogP contribution in [0.3, 0.4) is 0 Å². The van der Waals surface area contributed by atoms with Crippen molar-refractivity contribution >= 4 is 0 Å². The van der Waals surface area contributed by atoms with E-state index < -0.39 is 36.6 Å². The fraction of sp³-hybridized carbons (Fsp3) is 1.00. The largest absolute Gasteiger partial charge is 0.393 e. The molecule has 1 aliphatic rings. The van der Waals surface area contributed by atoms with Gasteiger partial charge in [-0.3, -0.25) is 0 Å². The van der Waals surface area contributed by atoms with Crippen molar-refractivity contribution in [2.24, 2.45) is 0 Å². The molecule has 1 rings (SSSR count). The maximum absolute atomic E-state index is 9.78. The van der Waals surface area contributed by atoms with Crippen LogP contribution in [0.25, 0.3) is 0 Å². The standard InChI is InChI=1S/C9H18O6/c1-5-6(11)7(12)8(13)9(3-10,14-2)4-15-5/h5-8,10-13H,3-4H2,1-2H3/t5?,6-,7-,8+,9?/m1/s1. The van der Waals surface area contributed by atoms with Gasteiger partial charge < -0.3 is 29.9 Å². The maximum Gasteiger partial charge on any atom is 0.142 e. The van der Waals surface area contributed by atoms with Gasteiger partial charge >= 0.3 is 0 Å². The van der Waals surface area contributed by atoms with Crippen molar-refractivity contribution in [1.82, 2.24) is 0 Å². The summed E-state index contributed by atoms with van der Waals surface area (Å²) < 4.78 is 10.2. The second-order valence-electron chi connectivity index (χ2n) is 3.87. The highest BCUT2D eigenvalue weighted by Gasteiger charge is 2.48. The highest BCUT2D eigenvalue weighted by atomic mass is 16.6. The lowest BCUT2D eigenvalue weighted by molar-refractivity contribution is -0.178. The lowest BCUT2D eigenvalue weighted by Crippen LogP contribution is -2.56. The lowest BCUT2D eigenvalue weighted by Gasteiger charge is -2.34. The monoisotopic (exact) mass is 222 g/mol. The van der Waals surface area contributed by atoms with Gasteiger partial charge in [0.05, 0.1) is 19.3 Å². The second kappa shape index (κ2) is 4.73. The average Bonchev–Trinajstić information content (AvgIpc) is 2.34. The maximum atomic E-state index is 9.78. The number of aliphatic hydroxyl groups excluding tert-OH is 4. The molecule has 1 saturated heterocycles. The third kappa shape index (κ3) is 2.15. The quantitative estimate of drug-likeness (QED) is 0.426. The Morgan fingerprint density at radius 1 is 1.33 bits per heavy atom. The predicted molar refractivity (Wildman–Crippen MR) is 50.3 cm³/mol. The van der Waals surface area contributed by atoms with Gasteiger partial charge in [0.15, 0.2) is 0 Å². The van der Waals surface area contributed by atoms with E-state index in [2.05, 4.69) is 0 Å². The fourth-order valence-electron chi connectivity index (χ4n) is 1.62. The van der Waals surface area contributed by atoms with E-state index in [1.54, 1.807) is 6.92 Å². The summed E-state index contributed by atoms with van der Waals surface area (Å²) in [4.78, 5) is 0. The molecule has 5 atom stereocenters. The summed E-state index contributed by atoms with van der Waals surface area (Å²) in [6, 6.07) is 0. The number of methoxy groups -OCH3 is 1. The topological polar surface area (TPSA) is 99.4 Å². The van der Waals surface area contributed by atoms with Gasteiger partial charge in [0, 0.05) is 7.11 Å². The molecule has 0 aromatic rings. The Balaban J connectivity index is 2.93. The minimum absolute atomic E-state index is 0.0869. The highest BCUT2D eigenvalue weighted by molar-refractivity contribution is 4.98. The zero-order valence-electron chi connectivity index (χ0n) is 8.83. The van der Waals surface area contributed by atoms with Gasteiger partial charge in [0.2, 0.25) is 0 Å². The first-order valence-corrected chi connectivity index (χ1v) is 4.80. The van der Waals surface area contributed by atoms with Crippen LogP contribution in [0, 0.1) is 0 Å². The normalized spacial score (nSPS) is 47.6. The molecule has 90 valence electrons. The van der Waals surface area contributed by atoms with Crippen LogP contribution in [0.5, 0.6) is 0 Å². The number of hydrogen-bond acceptors (Lipinski definition) is 6. The third-order valence-corrected chi connectivity index (χ3v) is 2.96. The van der Waals surface area contributed by atoms with Gasteiger partial charge in [-0.1, -0.05) is 0 Å². The molecular weight excluding hydrogens is 204 g/mol. The fourth-order valence-corrected chi connectivity index (χ4v) is 1.62. The van der Waals surface area contributed by atoms with Crippen LogP contribution in [0.4, 0.5) is 0 Å². The Hall–Kier alpha value is -0.240. The molecule has 1 fully saturated rings. The number of ether oxygens (including phenoxy) is 2. The number of aliphatic hydroxyl groups is 4. The van der Waals surface area contributed by atoms with E-state index in [4.69, 9.17) is 14.6 Å². The Morgan fingerprint density at radius 2 is 1.93 bits per heavy atom. The predicted octanol–water partition coefficient (Wildman–Crippen LogP) is -2.13. The summed E-state index contributed by atoms with van der Waals surface area (Å²) in [6.07, 6.45) is -4.64. The van der Waals surface area contributed by atoms with Crippen LogP contribution >= 0.6 is 0 Å². The Kier molecular flexibility index (Phi) is 4.05. The molecule has 1 heterocycles. The van der Waals surface area contributed by atoms with Gasteiger partial charge in [0.1, 0.15) is 23.9 Å². The lowest BCUT2D eigenvalue weighted by atomic mass is 9.91. The van der Waals surface area contributed by atoms with Crippen LogP contribution in [-0.4, -0.2) is 70.8 Å². The Bertz CT molecular complexity index is 205. The summed E-state index contributed by atoms with van der Waals surface area (Å²) >= 11 is 0. The molecule has 0 aliphatic carbocycles. The van der Waals surface area contributed by atoms with Crippen molar-refractivity contribution in [2.75, 3.05) is 20.3 Å². The Labute approximate surface area is 88.1 Å². The van der Waals surface area contributed by atoms with E-state index in [9.17, 15) is 15.3 Å². The molecule has 0 radical (unpaired) electrons. The molecular formula is C9H18O6. The van der Waals surface area contributed by atoms with Crippen molar-refractivity contribution < 1.29 is 29.9 Å². The summed E-state index contributed by atoms with van der Waals surface area (Å²) in [7, 11) is 1.30. The molecule has 15 heavy (non-hydrogen) atoms. The van der Waals surface area contributed by atoms with Crippen molar-refractivity contribution in [3.63, 3.8) is 0 Å². The van der Waals surface area contributed by atoms with Gasteiger partial charge in [0.25, 0.3) is 0 Å². The molecule has 0 aromatic carbocycles. The second-order valence-corrected chi connectivity index (χ2v) is 3.87. The summed E-state index contributed by atoms with van der Waals surface area (Å²) in [5, 5.41) is 38.1. The number of hydrogen-bond donors (Lipinski definition) is 4. The van der Waals surface area contributed by atoms with Crippen molar-refractivity contribution in [1.29, 1.82) is 0 Å². The van der Waals surface area contributed by atoms with E-state index in [0.29, 0.717) is 0 Å². The van der Waals surface area contributed by atoms with Crippen LogP contribution in [-0.2, 0) is 9.47 Å². The van der Waals surface area contributed by atoms with Crippen molar-refractivity contribution in [2.45, 2.75) is 36.9 Å². The smallest absolute Gasteiger partial charge is 0.142 e. The van der Waals surface area contributed by atoms with Gasteiger partial charge in [-0.25, -0.2) is 0 Å². The van der Waals surface area contributed by atoms with E-state index in [1.165, 1.54) is 7.11 Å². The van der Waals surface area contributed by atoms with Gasteiger partial charge in [-0.05, 0) is 6.92 Å². The minimum atomic E-state index is -1.41. The van der Waals surface area contributed by atoms with Crippen molar-refractivity contribution in [3.05, 3.63) is 0 Å². The molecule has 0 aromatic heterocycles. The SMILES string of the molecule is COC1(CO)COC(C)[C@@H](O)[C@@H](O)[C@@H]1O. The summed E-state index contributed by atoms with van der Waals surface area (Å²) in [5.74, 6) is 0. The zero-order valence-corrected chi connectivity index (χ0v) is 8.83. The molecule has 6 nitrogen and oxygen atoms in total. The van der Waals surface area contributed by atoms with E-state index in [1.807, 2.05) is 0 Å². The summed E-state index contributed by atoms with van der Waals surface area (Å²) in [6.45, 7) is 0.987. The van der Waals surface area contributed by atoms with E-state index in [-0.39, 0.29) is 6.61 Å². The molecule has 4 N–H and O–H groups in total. The molecule has 0 amide bonds. The van der Waals surface area contributed by atoms with Gasteiger partial charge in [-0.15, -0.1) is 0 Å². The first kappa shape index (κ1) is 12.8. The summed E-state index contributed by atoms with van der Waals surface area (Å²) in [5.41, 5.74) is -1.38.